The van der Waals surface area contributed by atoms with Gasteiger partial charge in [-0.1, -0.05) is 6.92 Å². The summed E-state index contributed by atoms with van der Waals surface area (Å²) < 4.78 is 25.0. The second kappa shape index (κ2) is 4.48. The Morgan fingerprint density at radius 2 is 2.13 bits per heavy atom. The molecular weight excluding hydrogens is 216 g/mol. The predicted molar refractivity (Wildman–Crippen MR) is 58.3 cm³/mol. The van der Waals surface area contributed by atoms with E-state index in [1.54, 1.807) is 19.9 Å². The smallest absolute Gasteiger partial charge is 0.233 e. The summed E-state index contributed by atoms with van der Waals surface area (Å²) in [5, 5.41) is 9.38. The lowest BCUT2D eigenvalue weighted by Crippen LogP contribution is -2.17. The van der Waals surface area contributed by atoms with Crippen LogP contribution in [0.5, 0.6) is 5.75 Å². The first-order chi connectivity index (χ1) is 6.94. The molecule has 5 nitrogen and oxygen atoms in total. The average Bonchev–Trinajstić information content (AvgIpc) is 2.10. The van der Waals surface area contributed by atoms with Crippen LogP contribution in [0, 0.1) is 6.92 Å². The molecule has 6 heteroatoms. The Balaban J connectivity index is 2.94. The van der Waals surface area contributed by atoms with Gasteiger partial charge in [-0.25, -0.2) is 13.4 Å². The van der Waals surface area contributed by atoms with Gasteiger partial charge in [0.15, 0.2) is 11.6 Å². The van der Waals surface area contributed by atoms with E-state index in [2.05, 4.69) is 9.71 Å². The molecule has 0 atom stereocenters. The number of hydrogen-bond acceptors (Lipinski definition) is 4. The van der Waals surface area contributed by atoms with Crippen molar-refractivity contribution in [3.8, 4) is 5.75 Å². The largest absolute Gasteiger partial charge is 0.504 e. The minimum absolute atomic E-state index is 0.0107. The molecule has 0 spiro atoms. The fourth-order valence-electron chi connectivity index (χ4n) is 1.09. The van der Waals surface area contributed by atoms with Crippen molar-refractivity contribution in [2.75, 3.05) is 10.5 Å². The van der Waals surface area contributed by atoms with E-state index in [-0.39, 0.29) is 17.3 Å². The lowest BCUT2D eigenvalue weighted by molar-refractivity contribution is 0.475. The molecule has 0 aliphatic rings. The van der Waals surface area contributed by atoms with Gasteiger partial charge in [0.25, 0.3) is 0 Å². The Morgan fingerprint density at radius 1 is 1.47 bits per heavy atom. The molecule has 0 aromatic carbocycles. The van der Waals surface area contributed by atoms with Gasteiger partial charge in [-0.3, -0.25) is 4.72 Å². The van der Waals surface area contributed by atoms with E-state index in [0.717, 1.165) is 0 Å². The molecule has 0 unspecified atom stereocenters. The lowest BCUT2D eigenvalue weighted by atomic mass is 10.3. The maximum atomic E-state index is 11.4. The molecule has 1 rings (SSSR count). The summed E-state index contributed by atoms with van der Waals surface area (Å²) in [5.74, 6) is -0.161. The normalized spacial score (nSPS) is 11.3. The highest BCUT2D eigenvalue weighted by molar-refractivity contribution is 7.92. The molecule has 0 saturated carbocycles. The third kappa shape index (κ3) is 3.39. The van der Waals surface area contributed by atoms with Crippen LogP contribution in [0.1, 0.15) is 19.0 Å². The molecule has 1 aromatic rings. The number of pyridine rings is 1. The van der Waals surface area contributed by atoms with Gasteiger partial charge in [0.2, 0.25) is 10.0 Å². The highest BCUT2D eigenvalue weighted by atomic mass is 32.2. The minimum atomic E-state index is -3.40. The van der Waals surface area contributed by atoms with Crippen LogP contribution in [0.4, 0.5) is 5.82 Å². The maximum Gasteiger partial charge on any atom is 0.233 e. The van der Waals surface area contributed by atoms with E-state index in [0.29, 0.717) is 12.1 Å². The maximum absolute atomic E-state index is 11.4. The zero-order valence-corrected chi connectivity index (χ0v) is 9.50. The number of aryl methyl sites for hydroxylation is 1. The van der Waals surface area contributed by atoms with E-state index in [4.69, 9.17) is 0 Å². The van der Waals surface area contributed by atoms with Crippen LogP contribution < -0.4 is 4.72 Å². The van der Waals surface area contributed by atoms with Crippen LogP contribution in [-0.4, -0.2) is 24.3 Å². The summed E-state index contributed by atoms with van der Waals surface area (Å²) in [4.78, 5) is 3.90. The number of sulfonamides is 1. The van der Waals surface area contributed by atoms with Crippen molar-refractivity contribution in [1.82, 2.24) is 4.98 Å². The Labute approximate surface area is 89.2 Å². The van der Waals surface area contributed by atoms with Crippen molar-refractivity contribution in [2.45, 2.75) is 20.3 Å². The van der Waals surface area contributed by atoms with Crippen molar-refractivity contribution < 1.29 is 13.5 Å². The van der Waals surface area contributed by atoms with Gasteiger partial charge in [0.05, 0.1) is 5.75 Å². The molecule has 0 amide bonds. The quantitative estimate of drug-likeness (QED) is 0.815. The van der Waals surface area contributed by atoms with Gasteiger partial charge in [-0.2, -0.15) is 0 Å². The van der Waals surface area contributed by atoms with Crippen LogP contribution in [0.15, 0.2) is 12.1 Å². The monoisotopic (exact) mass is 230 g/mol. The number of aromatic nitrogens is 1. The summed E-state index contributed by atoms with van der Waals surface area (Å²) in [6.45, 7) is 3.49. The number of nitrogens with zero attached hydrogens (tertiary/aromatic N) is 1. The number of rotatable bonds is 4. The number of anilines is 1. The van der Waals surface area contributed by atoms with Gasteiger partial charge >= 0.3 is 0 Å². The first-order valence-electron chi connectivity index (χ1n) is 4.61. The molecule has 84 valence electrons. The fraction of sp³-hybridized carbons (Fsp3) is 0.444. The number of aromatic hydroxyl groups is 1. The molecule has 0 bridgehead atoms. The third-order valence-corrected chi connectivity index (χ3v) is 3.19. The zero-order chi connectivity index (χ0) is 11.5. The highest BCUT2D eigenvalue weighted by Gasteiger charge is 2.12. The summed E-state index contributed by atoms with van der Waals surface area (Å²) in [5.41, 5.74) is 0.641. The molecular formula is C9H14N2O3S. The van der Waals surface area contributed by atoms with Gasteiger partial charge in [0, 0.05) is 5.69 Å². The molecule has 0 aliphatic carbocycles. The Bertz CT molecular complexity index is 443. The number of nitrogens with one attached hydrogen (secondary N) is 1. The summed E-state index contributed by atoms with van der Waals surface area (Å²) in [7, 11) is -3.40. The summed E-state index contributed by atoms with van der Waals surface area (Å²) in [6.07, 6.45) is 0.516. The molecule has 0 fully saturated rings. The summed E-state index contributed by atoms with van der Waals surface area (Å²) >= 11 is 0. The second-order valence-corrected chi connectivity index (χ2v) is 5.08. The average molecular weight is 230 g/mol. The molecule has 0 radical (unpaired) electrons. The molecule has 2 N–H and O–H groups in total. The predicted octanol–water partition coefficient (Wildman–Crippen LogP) is 1.25. The molecule has 1 aromatic heterocycles. The van der Waals surface area contributed by atoms with Crippen molar-refractivity contribution in [3.63, 3.8) is 0 Å². The van der Waals surface area contributed by atoms with E-state index < -0.39 is 10.0 Å². The van der Waals surface area contributed by atoms with E-state index in [9.17, 15) is 13.5 Å². The lowest BCUT2D eigenvalue weighted by Gasteiger charge is -2.08. The summed E-state index contributed by atoms with van der Waals surface area (Å²) in [6, 6.07) is 3.01. The van der Waals surface area contributed by atoms with Gasteiger partial charge in [-0.05, 0) is 25.5 Å². The van der Waals surface area contributed by atoms with Crippen LogP contribution in [0.2, 0.25) is 0 Å². The van der Waals surface area contributed by atoms with Gasteiger partial charge in [0.1, 0.15) is 0 Å². The SMILES string of the molecule is CCCS(=O)(=O)Nc1nc(C)ccc1O. The van der Waals surface area contributed by atoms with E-state index >= 15 is 0 Å². The highest BCUT2D eigenvalue weighted by Crippen LogP contribution is 2.21. The Hall–Kier alpha value is -1.30. The molecule has 0 aliphatic heterocycles. The topological polar surface area (TPSA) is 79.3 Å². The standard InChI is InChI=1S/C9H14N2O3S/c1-3-6-15(13,14)11-9-8(12)5-4-7(2)10-9/h4-5,12H,3,6H2,1-2H3,(H,10,11). The van der Waals surface area contributed by atoms with Crippen molar-refractivity contribution in [1.29, 1.82) is 0 Å². The van der Waals surface area contributed by atoms with Crippen LogP contribution >= 0.6 is 0 Å². The first-order valence-corrected chi connectivity index (χ1v) is 6.27. The van der Waals surface area contributed by atoms with Crippen LogP contribution in [0.25, 0.3) is 0 Å². The van der Waals surface area contributed by atoms with E-state index in [1.807, 2.05) is 0 Å². The van der Waals surface area contributed by atoms with Crippen LogP contribution in [-0.2, 0) is 10.0 Å². The second-order valence-electron chi connectivity index (χ2n) is 3.24. The fourth-order valence-corrected chi connectivity index (χ4v) is 2.18. The van der Waals surface area contributed by atoms with Gasteiger partial charge < -0.3 is 5.11 Å². The first kappa shape index (κ1) is 11.8. The Morgan fingerprint density at radius 3 is 2.73 bits per heavy atom. The van der Waals surface area contributed by atoms with Crippen LogP contribution in [0.3, 0.4) is 0 Å². The Kier molecular flexibility index (Phi) is 3.52. The van der Waals surface area contributed by atoms with E-state index in [1.165, 1.54) is 6.07 Å². The molecule has 1 heterocycles. The molecule has 15 heavy (non-hydrogen) atoms. The van der Waals surface area contributed by atoms with Gasteiger partial charge in [-0.15, -0.1) is 0 Å². The zero-order valence-electron chi connectivity index (χ0n) is 8.69. The minimum Gasteiger partial charge on any atom is -0.504 e. The molecule has 0 saturated heterocycles. The van der Waals surface area contributed by atoms with Crippen molar-refractivity contribution >= 4 is 15.8 Å². The third-order valence-electron chi connectivity index (χ3n) is 1.74. The van der Waals surface area contributed by atoms with Crippen molar-refractivity contribution in [2.24, 2.45) is 0 Å². The number of hydrogen-bond donors (Lipinski definition) is 2. The van der Waals surface area contributed by atoms with Crippen molar-refractivity contribution in [3.05, 3.63) is 17.8 Å².